The SMILES string of the molecule is CCC(C)C1CCC(C(=O)Nc2ccc(C)c(OC)c2)CC1.CCc1c(C)cc(C(=O)CC(C)C)cc1NC(C)=O. The second-order valence-electron chi connectivity index (χ2n) is 12.0. The van der Waals surface area contributed by atoms with Gasteiger partial charge in [-0.05, 0) is 98.6 Å². The van der Waals surface area contributed by atoms with Crippen LogP contribution in [0.1, 0.15) is 107 Å². The van der Waals surface area contributed by atoms with Crippen LogP contribution in [0.4, 0.5) is 11.4 Å². The molecule has 0 aromatic heterocycles. The maximum absolute atomic E-state index is 12.4. The standard InChI is InChI=1S/C19H29NO2.C16H23NO2/c1-5-13(2)15-7-9-16(10-8-15)19(21)20-17-11-6-14(3)18(12-17)22-4;1-6-14-11(4)8-13(16(19)7-10(2)3)9-15(14)17-12(5)18/h6,11-13,15-16H,5,7-10H2,1-4H3,(H,20,21);8-10H,6-7H2,1-5H3,(H,17,18). The lowest BCUT2D eigenvalue weighted by molar-refractivity contribution is -0.121. The molecule has 0 saturated heterocycles. The lowest BCUT2D eigenvalue weighted by Gasteiger charge is -2.31. The molecule has 6 heteroatoms. The zero-order valence-corrected chi connectivity index (χ0v) is 26.8. The van der Waals surface area contributed by atoms with Gasteiger partial charge < -0.3 is 15.4 Å². The van der Waals surface area contributed by atoms with E-state index in [1.807, 2.05) is 58.9 Å². The maximum atomic E-state index is 12.4. The smallest absolute Gasteiger partial charge is 0.227 e. The first kappa shape index (κ1) is 34.1. The molecule has 0 radical (unpaired) electrons. The van der Waals surface area contributed by atoms with Crippen LogP contribution in [0.25, 0.3) is 0 Å². The monoisotopic (exact) mass is 564 g/mol. The Morgan fingerprint density at radius 3 is 2.12 bits per heavy atom. The van der Waals surface area contributed by atoms with Crippen LogP contribution in [0.15, 0.2) is 30.3 Å². The first-order valence-corrected chi connectivity index (χ1v) is 15.3. The highest BCUT2D eigenvalue weighted by molar-refractivity contribution is 5.99. The number of nitrogens with one attached hydrogen (secondary N) is 2. The van der Waals surface area contributed by atoms with E-state index in [9.17, 15) is 14.4 Å². The topological polar surface area (TPSA) is 84.5 Å². The van der Waals surface area contributed by atoms with Crippen molar-refractivity contribution in [2.45, 2.75) is 100 Å². The minimum atomic E-state index is -0.109. The van der Waals surface area contributed by atoms with Gasteiger partial charge in [-0.25, -0.2) is 0 Å². The lowest BCUT2D eigenvalue weighted by atomic mass is 9.75. The van der Waals surface area contributed by atoms with E-state index >= 15 is 0 Å². The van der Waals surface area contributed by atoms with Gasteiger partial charge in [0.15, 0.2) is 5.78 Å². The van der Waals surface area contributed by atoms with Gasteiger partial charge in [0.2, 0.25) is 11.8 Å². The van der Waals surface area contributed by atoms with Crippen LogP contribution in [0.3, 0.4) is 0 Å². The highest BCUT2D eigenvalue weighted by Gasteiger charge is 2.28. The van der Waals surface area contributed by atoms with Crippen LogP contribution in [-0.2, 0) is 16.0 Å². The Morgan fingerprint density at radius 2 is 1.59 bits per heavy atom. The highest BCUT2D eigenvalue weighted by Crippen LogP contribution is 2.35. The molecular formula is C35H52N2O4. The lowest BCUT2D eigenvalue weighted by Crippen LogP contribution is -2.28. The third kappa shape index (κ3) is 10.3. The van der Waals surface area contributed by atoms with Gasteiger partial charge in [0.25, 0.3) is 0 Å². The number of ether oxygens (including phenoxy) is 1. The van der Waals surface area contributed by atoms with Crippen molar-refractivity contribution >= 4 is 29.0 Å². The predicted octanol–water partition coefficient (Wildman–Crippen LogP) is 8.54. The molecule has 1 fully saturated rings. The summed E-state index contributed by atoms with van der Waals surface area (Å²) in [5, 5.41) is 5.88. The molecule has 2 amide bonds. The molecule has 226 valence electrons. The number of anilines is 2. The van der Waals surface area contributed by atoms with Crippen molar-refractivity contribution in [2.24, 2.45) is 23.7 Å². The summed E-state index contributed by atoms with van der Waals surface area (Å²) in [5.41, 5.74) is 5.51. The average Bonchev–Trinajstić information content (AvgIpc) is 2.93. The largest absolute Gasteiger partial charge is 0.496 e. The van der Waals surface area contributed by atoms with Crippen LogP contribution in [-0.4, -0.2) is 24.7 Å². The van der Waals surface area contributed by atoms with Crippen molar-refractivity contribution < 1.29 is 19.1 Å². The van der Waals surface area contributed by atoms with Gasteiger partial charge in [0.05, 0.1) is 7.11 Å². The summed E-state index contributed by atoms with van der Waals surface area (Å²) < 4.78 is 5.31. The fraction of sp³-hybridized carbons (Fsp3) is 0.571. The number of carbonyl (C=O) groups is 3. The summed E-state index contributed by atoms with van der Waals surface area (Å²) in [5.74, 6) is 3.08. The Hall–Kier alpha value is -3.15. The van der Waals surface area contributed by atoms with E-state index in [4.69, 9.17) is 4.74 Å². The number of aryl methyl sites for hydroxylation is 2. The summed E-state index contributed by atoms with van der Waals surface area (Å²) in [4.78, 5) is 35.8. The normalized spacial score (nSPS) is 17.2. The molecule has 6 nitrogen and oxygen atoms in total. The number of rotatable bonds is 10. The van der Waals surface area contributed by atoms with Crippen LogP contribution in [0, 0.1) is 37.5 Å². The van der Waals surface area contributed by atoms with Gasteiger partial charge in [0, 0.05) is 42.3 Å². The molecule has 1 atom stereocenters. The fourth-order valence-electron chi connectivity index (χ4n) is 5.66. The Balaban J connectivity index is 0.000000290. The van der Waals surface area contributed by atoms with Crippen molar-refractivity contribution in [3.63, 3.8) is 0 Å². The molecular weight excluding hydrogens is 512 g/mol. The third-order valence-electron chi connectivity index (χ3n) is 8.32. The van der Waals surface area contributed by atoms with Gasteiger partial charge in [-0.1, -0.05) is 47.1 Å². The Kier molecular flexibility index (Phi) is 13.6. The molecule has 1 aliphatic rings. The zero-order chi connectivity index (χ0) is 30.7. The summed E-state index contributed by atoms with van der Waals surface area (Å²) in [6, 6.07) is 9.56. The Labute approximate surface area is 248 Å². The summed E-state index contributed by atoms with van der Waals surface area (Å²) >= 11 is 0. The summed E-state index contributed by atoms with van der Waals surface area (Å²) in [7, 11) is 1.66. The fourth-order valence-corrected chi connectivity index (χ4v) is 5.66. The molecule has 1 unspecified atom stereocenters. The summed E-state index contributed by atoms with van der Waals surface area (Å²) in [6.07, 6.45) is 7.01. The summed E-state index contributed by atoms with van der Waals surface area (Å²) in [6.45, 7) is 16.2. The third-order valence-corrected chi connectivity index (χ3v) is 8.32. The molecule has 1 saturated carbocycles. The number of carbonyl (C=O) groups excluding carboxylic acids is 3. The first-order valence-electron chi connectivity index (χ1n) is 15.3. The Bertz CT molecular complexity index is 1180. The number of hydrogen-bond donors (Lipinski definition) is 2. The van der Waals surface area contributed by atoms with Crippen molar-refractivity contribution in [3.05, 3.63) is 52.6 Å². The van der Waals surface area contributed by atoms with Crippen molar-refractivity contribution in [2.75, 3.05) is 17.7 Å². The van der Waals surface area contributed by atoms with Gasteiger partial charge in [-0.3, -0.25) is 14.4 Å². The predicted molar refractivity (Wildman–Crippen MR) is 170 cm³/mol. The molecule has 2 aromatic rings. The van der Waals surface area contributed by atoms with Crippen LogP contribution in [0.2, 0.25) is 0 Å². The molecule has 0 aliphatic heterocycles. The molecule has 0 heterocycles. The number of amides is 2. The molecule has 0 spiro atoms. The average molecular weight is 565 g/mol. The second kappa shape index (κ2) is 16.3. The van der Waals surface area contributed by atoms with E-state index in [2.05, 4.69) is 24.5 Å². The number of methoxy groups -OCH3 is 1. The van der Waals surface area contributed by atoms with Gasteiger partial charge in [-0.15, -0.1) is 0 Å². The number of Topliss-reactive ketones (excluding diaryl/α,β-unsaturated/α-hetero) is 1. The molecule has 41 heavy (non-hydrogen) atoms. The second-order valence-corrected chi connectivity index (χ2v) is 12.0. The van der Waals surface area contributed by atoms with Gasteiger partial charge in [0.1, 0.15) is 5.75 Å². The number of hydrogen-bond acceptors (Lipinski definition) is 4. The van der Waals surface area contributed by atoms with E-state index in [0.29, 0.717) is 17.9 Å². The van der Waals surface area contributed by atoms with E-state index in [1.54, 1.807) is 13.2 Å². The first-order chi connectivity index (χ1) is 19.4. The minimum absolute atomic E-state index is 0.109. The quantitative estimate of drug-likeness (QED) is 0.283. The molecule has 3 rings (SSSR count). The van der Waals surface area contributed by atoms with Crippen molar-refractivity contribution in [1.82, 2.24) is 0 Å². The molecule has 2 N–H and O–H groups in total. The van der Waals surface area contributed by atoms with E-state index < -0.39 is 0 Å². The van der Waals surface area contributed by atoms with E-state index in [1.165, 1.54) is 26.2 Å². The van der Waals surface area contributed by atoms with Gasteiger partial charge in [-0.2, -0.15) is 0 Å². The van der Waals surface area contributed by atoms with Gasteiger partial charge >= 0.3 is 0 Å². The van der Waals surface area contributed by atoms with Crippen molar-refractivity contribution in [3.8, 4) is 5.75 Å². The minimum Gasteiger partial charge on any atom is -0.496 e. The zero-order valence-electron chi connectivity index (χ0n) is 26.8. The van der Waals surface area contributed by atoms with E-state index in [0.717, 1.165) is 64.9 Å². The van der Waals surface area contributed by atoms with Crippen LogP contribution >= 0.6 is 0 Å². The van der Waals surface area contributed by atoms with Crippen LogP contribution in [0.5, 0.6) is 5.75 Å². The molecule has 2 aromatic carbocycles. The molecule has 0 bridgehead atoms. The maximum Gasteiger partial charge on any atom is 0.227 e. The highest BCUT2D eigenvalue weighted by atomic mass is 16.5. The Morgan fingerprint density at radius 1 is 0.927 bits per heavy atom. The number of benzene rings is 2. The number of ketones is 1. The van der Waals surface area contributed by atoms with E-state index in [-0.39, 0.29) is 23.5 Å². The van der Waals surface area contributed by atoms with Crippen LogP contribution < -0.4 is 15.4 Å². The van der Waals surface area contributed by atoms with Crippen molar-refractivity contribution in [1.29, 1.82) is 0 Å². The molecule has 1 aliphatic carbocycles.